The van der Waals surface area contributed by atoms with Crippen molar-refractivity contribution in [3.05, 3.63) is 42.2 Å². The Morgan fingerprint density at radius 2 is 1.88 bits per heavy atom. The van der Waals surface area contributed by atoms with E-state index in [2.05, 4.69) is 16.0 Å². The molecule has 0 spiro atoms. The van der Waals surface area contributed by atoms with Gasteiger partial charge >= 0.3 is 0 Å². The molecule has 1 aromatic carbocycles. The Hall–Kier alpha value is -3.03. The molecule has 128 valence electrons. The molecular weight excluding hydrogens is 312 g/mol. The first-order chi connectivity index (χ1) is 11.5. The SMILES string of the molecule is CCOc1ccc(O[C@@H](C)C(=O)NNC(=O)c2cnn(C)c2)cc1. The van der Waals surface area contributed by atoms with Gasteiger partial charge in [0.05, 0.1) is 18.4 Å². The van der Waals surface area contributed by atoms with Crippen molar-refractivity contribution in [2.75, 3.05) is 6.61 Å². The topological polar surface area (TPSA) is 94.5 Å². The zero-order valence-corrected chi connectivity index (χ0v) is 13.8. The number of aryl methyl sites for hydroxylation is 1. The van der Waals surface area contributed by atoms with Crippen molar-refractivity contribution in [1.82, 2.24) is 20.6 Å². The molecule has 2 rings (SSSR count). The maximum Gasteiger partial charge on any atom is 0.279 e. The third-order valence-electron chi connectivity index (χ3n) is 3.08. The van der Waals surface area contributed by atoms with E-state index in [9.17, 15) is 9.59 Å². The first kappa shape index (κ1) is 17.3. The fourth-order valence-electron chi connectivity index (χ4n) is 1.87. The number of hydrazine groups is 1. The molecule has 0 unspecified atom stereocenters. The van der Waals surface area contributed by atoms with Gasteiger partial charge in [0.25, 0.3) is 11.8 Å². The van der Waals surface area contributed by atoms with Crippen molar-refractivity contribution >= 4 is 11.8 Å². The predicted octanol–water partition coefficient (Wildman–Crippen LogP) is 1.05. The molecule has 2 N–H and O–H groups in total. The molecule has 1 aromatic heterocycles. The Morgan fingerprint density at radius 1 is 1.21 bits per heavy atom. The summed E-state index contributed by atoms with van der Waals surface area (Å²) in [5.74, 6) is 0.330. The summed E-state index contributed by atoms with van der Waals surface area (Å²) in [5.41, 5.74) is 4.97. The largest absolute Gasteiger partial charge is 0.494 e. The van der Waals surface area contributed by atoms with Gasteiger partial charge in [0, 0.05) is 13.2 Å². The lowest BCUT2D eigenvalue weighted by Gasteiger charge is -2.15. The van der Waals surface area contributed by atoms with Gasteiger partial charge in [0.1, 0.15) is 11.5 Å². The molecule has 0 aliphatic rings. The fraction of sp³-hybridized carbons (Fsp3) is 0.312. The van der Waals surface area contributed by atoms with Gasteiger partial charge in [0.2, 0.25) is 0 Å². The number of carbonyl (C=O) groups is 2. The molecule has 1 heterocycles. The van der Waals surface area contributed by atoms with E-state index in [0.717, 1.165) is 5.75 Å². The Morgan fingerprint density at radius 3 is 2.46 bits per heavy atom. The van der Waals surface area contributed by atoms with Crippen LogP contribution in [0.25, 0.3) is 0 Å². The average molecular weight is 332 g/mol. The maximum absolute atomic E-state index is 12.0. The summed E-state index contributed by atoms with van der Waals surface area (Å²) in [6.07, 6.45) is 2.17. The summed E-state index contributed by atoms with van der Waals surface area (Å²) < 4.78 is 12.3. The van der Waals surface area contributed by atoms with Crippen LogP contribution in [0.5, 0.6) is 11.5 Å². The lowest BCUT2D eigenvalue weighted by atomic mass is 10.3. The first-order valence-electron chi connectivity index (χ1n) is 7.48. The highest BCUT2D eigenvalue weighted by Crippen LogP contribution is 2.18. The number of aromatic nitrogens is 2. The summed E-state index contributed by atoms with van der Waals surface area (Å²) in [4.78, 5) is 23.8. The number of amides is 2. The van der Waals surface area contributed by atoms with Crippen LogP contribution in [0.3, 0.4) is 0 Å². The number of nitrogens with zero attached hydrogens (tertiary/aromatic N) is 2. The van der Waals surface area contributed by atoms with Gasteiger partial charge in [-0.25, -0.2) is 0 Å². The van der Waals surface area contributed by atoms with Gasteiger partial charge < -0.3 is 9.47 Å². The van der Waals surface area contributed by atoms with Gasteiger partial charge in [0.15, 0.2) is 6.10 Å². The van der Waals surface area contributed by atoms with Crippen molar-refractivity contribution in [2.24, 2.45) is 7.05 Å². The Bertz CT molecular complexity index is 696. The standard InChI is InChI=1S/C16H20N4O4/c1-4-23-13-5-7-14(8-6-13)24-11(2)15(21)18-19-16(22)12-9-17-20(3)10-12/h5-11H,4H2,1-3H3,(H,18,21)(H,19,22)/t11-/m0/s1. The van der Waals surface area contributed by atoms with Gasteiger partial charge in [-0.2, -0.15) is 5.10 Å². The number of nitrogens with one attached hydrogen (secondary N) is 2. The minimum Gasteiger partial charge on any atom is -0.494 e. The summed E-state index contributed by atoms with van der Waals surface area (Å²) in [5, 5.41) is 3.88. The first-order valence-corrected chi connectivity index (χ1v) is 7.48. The Balaban J connectivity index is 1.82. The van der Waals surface area contributed by atoms with Crippen LogP contribution in [0.1, 0.15) is 24.2 Å². The summed E-state index contributed by atoms with van der Waals surface area (Å²) in [6, 6.07) is 6.94. The van der Waals surface area contributed by atoms with E-state index in [4.69, 9.17) is 9.47 Å². The maximum atomic E-state index is 12.0. The van der Waals surface area contributed by atoms with E-state index in [1.54, 1.807) is 44.4 Å². The average Bonchev–Trinajstić information content (AvgIpc) is 3.01. The third-order valence-corrected chi connectivity index (χ3v) is 3.08. The number of hydrogen-bond acceptors (Lipinski definition) is 5. The van der Waals surface area contributed by atoms with Crippen molar-refractivity contribution < 1.29 is 19.1 Å². The molecule has 2 amide bonds. The number of hydrogen-bond donors (Lipinski definition) is 2. The lowest BCUT2D eigenvalue weighted by molar-refractivity contribution is -0.128. The van der Waals surface area contributed by atoms with E-state index in [-0.39, 0.29) is 0 Å². The number of ether oxygens (including phenoxy) is 2. The highest BCUT2D eigenvalue weighted by Gasteiger charge is 2.16. The van der Waals surface area contributed by atoms with Crippen LogP contribution < -0.4 is 20.3 Å². The molecule has 0 bridgehead atoms. The Kier molecular flexibility index (Phi) is 5.78. The molecule has 0 saturated carbocycles. The number of carbonyl (C=O) groups excluding carboxylic acids is 2. The third kappa shape index (κ3) is 4.73. The molecule has 8 nitrogen and oxygen atoms in total. The monoisotopic (exact) mass is 332 g/mol. The molecule has 0 fully saturated rings. The minimum absolute atomic E-state index is 0.345. The van der Waals surface area contributed by atoms with E-state index in [0.29, 0.717) is 17.9 Å². The van der Waals surface area contributed by atoms with Crippen LogP contribution in [0.4, 0.5) is 0 Å². The molecule has 8 heteroatoms. The van der Waals surface area contributed by atoms with E-state index < -0.39 is 17.9 Å². The smallest absolute Gasteiger partial charge is 0.279 e. The highest BCUT2D eigenvalue weighted by molar-refractivity contribution is 5.95. The molecule has 24 heavy (non-hydrogen) atoms. The van der Waals surface area contributed by atoms with Gasteiger partial charge in [-0.15, -0.1) is 0 Å². The van der Waals surface area contributed by atoms with Crippen LogP contribution in [0.15, 0.2) is 36.7 Å². The van der Waals surface area contributed by atoms with E-state index in [1.165, 1.54) is 10.9 Å². The summed E-state index contributed by atoms with van der Waals surface area (Å²) >= 11 is 0. The molecular formula is C16H20N4O4. The van der Waals surface area contributed by atoms with E-state index in [1.807, 2.05) is 6.92 Å². The summed E-state index contributed by atoms with van der Waals surface area (Å²) in [6.45, 7) is 4.06. The van der Waals surface area contributed by atoms with Crippen LogP contribution in [-0.4, -0.2) is 34.3 Å². The number of rotatable bonds is 6. The van der Waals surface area contributed by atoms with Crippen molar-refractivity contribution in [2.45, 2.75) is 20.0 Å². The van der Waals surface area contributed by atoms with Crippen molar-refractivity contribution in [3.8, 4) is 11.5 Å². The lowest BCUT2D eigenvalue weighted by Crippen LogP contribution is -2.47. The minimum atomic E-state index is -0.780. The fourth-order valence-corrected chi connectivity index (χ4v) is 1.87. The van der Waals surface area contributed by atoms with Crippen molar-refractivity contribution in [3.63, 3.8) is 0 Å². The quantitative estimate of drug-likeness (QED) is 0.771. The molecule has 0 saturated heterocycles. The Labute approximate surface area is 139 Å². The van der Waals surface area contributed by atoms with Crippen molar-refractivity contribution in [1.29, 1.82) is 0 Å². The van der Waals surface area contributed by atoms with Gasteiger partial charge in [-0.3, -0.25) is 25.1 Å². The normalized spacial score (nSPS) is 11.5. The number of benzene rings is 1. The molecule has 0 radical (unpaired) electrons. The zero-order valence-electron chi connectivity index (χ0n) is 13.8. The van der Waals surface area contributed by atoms with Gasteiger partial charge in [-0.05, 0) is 38.1 Å². The zero-order chi connectivity index (χ0) is 17.5. The summed E-state index contributed by atoms with van der Waals surface area (Å²) in [7, 11) is 1.70. The second-order valence-electron chi connectivity index (χ2n) is 5.01. The van der Waals surface area contributed by atoms with E-state index >= 15 is 0 Å². The van der Waals surface area contributed by atoms with Gasteiger partial charge in [-0.1, -0.05) is 0 Å². The second kappa shape index (κ2) is 8.00. The second-order valence-corrected chi connectivity index (χ2v) is 5.01. The van der Waals surface area contributed by atoms with Crippen LogP contribution in [-0.2, 0) is 11.8 Å². The van der Waals surface area contributed by atoms with Crippen LogP contribution >= 0.6 is 0 Å². The molecule has 1 atom stereocenters. The molecule has 0 aliphatic heterocycles. The highest BCUT2D eigenvalue weighted by atomic mass is 16.5. The van der Waals surface area contributed by atoms with Crippen LogP contribution in [0, 0.1) is 0 Å². The predicted molar refractivity (Wildman–Crippen MR) is 86.5 cm³/mol. The van der Waals surface area contributed by atoms with Crippen LogP contribution in [0.2, 0.25) is 0 Å². The molecule has 0 aliphatic carbocycles. The molecule has 2 aromatic rings.